The maximum atomic E-state index is 10.5. The van der Waals surface area contributed by atoms with Crippen LogP contribution in [0.5, 0.6) is 11.5 Å². The molecule has 63 heavy (non-hydrogen) atoms. The number of benzene rings is 9. The van der Waals surface area contributed by atoms with Crippen LogP contribution >= 0.6 is 0 Å². The molecule has 0 spiro atoms. The van der Waals surface area contributed by atoms with Gasteiger partial charge in [0.05, 0.1) is 45.1 Å². The molecule has 0 saturated carbocycles. The topological polar surface area (TPSA) is 78.1 Å². The minimum absolute atomic E-state index is 0.0566. The Hall–Kier alpha value is -8.78. The van der Waals surface area contributed by atoms with Crippen LogP contribution < -0.4 is 26.0 Å². The van der Waals surface area contributed by atoms with Gasteiger partial charge in [-0.2, -0.15) is 10.5 Å². The fraction of sp³-hybridized carbons (Fsp3) is 0. The van der Waals surface area contributed by atoms with Gasteiger partial charge in [0.25, 0.3) is 6.71 Å². The molecule has 290 valence electrons. The summed E-state index contributed by atoms with van der Waals surface area (Å²) in [5.41, 5.74) is 12.9. The van der Waals surface area contributed by atoms with Crippen molar-refractivity contribution in [3.05, 3.63) is 199 Å². The number of ether oxygens (including phenoxy) is 1. The van der Waals surface area contributed by atoms with Crippen molar-refractivity contribution in [2.45, 2.75) is 0 Å². The molecule has 0 aliphatic carbocycles. The van der Waals surface area contributed by atoms with Crippen LogP contribution in [0.4, 0.5) is 17.1 Å². The molecule has 13 rings (SSSR count). The van der Waals surface area contributed by atoms with E-state index in [1.807, 2.05) is 109 Å². The summed E-state index contributed by atoms with van der Waals surface area (Å²) in [4.78, 5) is 2.31. The monoisotopic (exact) mass is 806 g/mol. The first-order valence-corrected chi connectivity index (χ1v) is 20.7. The lowest BCUT2D eigenvalue weighted by Crippen LogP contribution is -2.59. The number of rotatable bonds is 4. The van der Waals surface area contributed by atoms with Gasteiger partial charge < -0.3 is 18.6 Å². The van der Waals surface area contributed by atoms with E-state index in [1.54, 1.807) is 0 Å². The zero-order chi connectivity index (χ0) is 45.2. The van der Waals surface area contributed by atoms with Gasteiger partial charge in [-0.3, -0.25) is 0 Å². The standard InChI is InChI=1S/C56H31BN4O2/c58-32-35-16-4-6-18-38(35)37-28-51-54-53(29-37)63-56-44(27-26-42-41-21-9-13-25-52(41)62-55(42)56)57(54)45-30-43-40-20-8-12-24-48(40)60(46-22-10-5-17-36(46)33-59)49(43)31-50(45)61(51)47-23-11-7-19-39(47)34-14-2-1-3-15-34/h1-31H/i9D,13D,21D,25D. The average molecular weight is 807 g/mol. The molecule has 0 unspecified atom stereocenters. The van der Waals surface area contributed by atoms with E-state index < -0.39 is 6.71 Å². The number of aromatic nitrogens is 1. The highest BCUT2D eigenvalue weighted by atomic mass is 16.5. The van der Waals surface area contributed by atoms with Gasteiger partial charge in [-0.1, -0.05) is 133 Å². The highest BCUT2D eigenvalue weighted by Crippen LogP contribution is 2.49. The summed E-state index contributed by atoms with van der Waals surface area (Å²) >= 11 is 0. The van der Waals surface area contributed by atoms with E-state index >= 15 is 0 Å². The van der Waals surface area contributed by atoms with E-state index in [1.165, 1.54) is 0 Å². The second-order valence-electron chi connectivity index (χ2n) is 15.9. The number of hydrogen-bond donors (Lipinski definition) is 0. The van der Waals surface area contributed by atoms with Crippen molar-refractivity contribution in [1.29, 1.82) is 10.5 Å². The van der Waals surface area contributed by atoms with E-state index in [-0.39, 0.29) is 35.1 Å². The number of nitriles is 2. The average Bonchev–Trinajstić information content (AvgIpc) is 3.93. The molecule has 11 aromatic rings. The summed E-state index contributed by atoms with van der Waals surface area (Å²) in [6.45, 7) is -0.441. The summed E-state index contributed by atoms with van der Waals surface area (Å²) in [6, 6.07) is 58.3. The summed E-state index contributed by atoms with van der Waals surface area (Å²) in [6.07, 6.45) is 0. The number of para-hydroxylation sites is 4. The molecule has 0 amide bonds. The van der Waals surface area contributed by atoms with E-state index in [0.29, 0.717) is 33.6 Å². The van der Waals surface area contributed by atoms with Crippen molar-refractivity contribution >= 4 is 83.9 Å². The first kappa shape index (κ1) is 31.1. The molecule has 2 aliphatic rings. The van der Waals surface area contributed by atoms with Gasteiger partial charge in [0.1, 0.15) is 17.4 Å². The Labute approximate surface area is 368 Å². The van der Waals surface area contributed by atoms with Crippen molar-refractivity contribution in [2.24, 2.45) is 0 Å². The van der Waals surface area contributed by atoms with Crippen LogP contribution in [0.1, 0.15) is 16.6 Å². The van der Waals surface area contributed by atoms with Crippen LogP contribution in [0.15, 0.2) is 192 Å². The normalized spacial score (nSPS) is 13.4. The van der Waals surface area contributed by atoms with Gasteiger partial charge in [-0.25, -0.2) is 0 Å². The van der Waals surface area contributed by atoms with Crippen LogP contribution in [0, 0.1) is 22.7 Å². The maximum Gasteiger partial charge on any atom is 0.256 e. The molecule has 9 aromatic carbocycles. The van der Waals surface area contributed by atoms with Crippen LogP contribution in [0.25, 0.3) is 71.7 Å². The van der Waals surface area contributed by atoms with Crippen molar-refractivity contribution in [2.75, 3.05) is 4.90 Å². The van der Waals surface area contributed by atoms with Crippen LogP contribution in [0.3, 0.4) is 0 Å². The molecular weight excluding hydrogens is 771 g/mol. The zero-order valence-electron chi connectivity index (χ0n) is 37.3. The third-order valence-electron chi connectivity index (χ3n) is 12.7. The third kappa shape index (κ3) is 4.99. The highest BCUT2D eigenvalue weighted by Gasteiger charge is 2.44. The first-order chi connectivity index (χ1) is 32.8. The van der Waals surface area contributed by atoms with Gasteiger partial charge in [0.15, 0.2) is 11.3 Å². The molecule has 0 atom stereocenters. The summed E-state index contributed by atoms with van der Waals surface area (Å²) in [5, 5.41) is 23.7. The predicted octanol–water partition coefficient (Wildman–Crippen LogP) is 12.2. The largest absolute Gasteiger partial charge is 0.454 e. The Bertz CT molecular complexity index is 4080. The molecular formula is C56H31BN4O2. The minimum atomic E-state index is -0.441. The van der Waals surface area contributed by atoms with Gasteiger partial charge in [0.2, 0.25) is 0 Å². The quantitative estimate of drug-likeness (QED) is 0.166. The van der Waals surface area contributed by atoms with Gasteiger partial charge in [-0.15, -0.1) is 0 Å². The highest BCUT2D eigenvalue weighted by molar-refractivity contribution is 6.99. The molecule has 6 nitrogen and oxygen atoms in total. The number of fused-ring (bicyclic) bond motifs is 11. The summed E-state index contributed by atoms with van der Waals surface area (Å²) in [7, 11) is 0. The first-order valence-electron chi connectivity index (χ1n) is 22.7. The smallest absolute Gasteiger partial charge is 0.256 e. The fourth-order valence-corrected chi connectivity index (χ4v) is 10.0. The minimum Gasteiger partial charge on any atom is -0.454 e. The van der Waals surface area contributed by atoms with Crippen LogP contribution in [-0.4, -0.2) is 11.3 Å². The Balaban J connectivity index is 1.20. The van der Waals surface area contributed by atoms with Crippen molar-refractivity contribution in [3.8, 4) is 51.6 Å². The van der Waals surface area contributed by atoms with E-state index in [2.05, 4.69) is 76.2 Å². The van der Waals surface area contributed by atoms with E-state index in [4.69, 9.17) is 14.6 Å². The molecule has 0 bridgehead atoms. The molecule has 2 aromatic heterocycles. The molecule has 0 fully saturated rings. The van der Waals surface area contributed by atoms with Crippen molar-refractivity contribution < 1.29 is 14.6 Å². The van der Waals surface area contributed by atoms with Gasteiger partial charge >= 0.3 is 0 Å². The number of hydrogen-bond acceptors (Lipinski definition) is 5. The van der Waals surface area contributed by atoms with E-state index in [0.717, 1.165) is 83.2 Å². The van der Waals surface area contributed by atoms with Crippen LogP contribution in [0.2, 0.25) is 0 Å². The Morgan fingerprint density at radius 2 is 1.25 bits per heavy atom. The molecule has 4 heterocycles. The van der Waals surface area contributed by atoms with Crippen molar-refractivity contribution in [1.82, 2.24) is 4.57 Å². The fourth-order valence-electron chi connectivity index (χ4n) is 10.0. The van der Waals surface area contributed by atoms with Gasteiger partial charge in [-0.05, 0) is 87.7 Å². The number of furan rings is 1. The lowest BCUT2D eigenvalue weighted by molar-refractivity contribution is 0.481. The lowest BCUT2D eigenvalue weighted by Gasteiger charge is -2.41. The maximum absolute atomic E-state index is 10.5. The molecule has 2 aliphatic heterocycles. The van der Waals surface area contributed by atoms with Crippen LogP contribution in [-0.2, 0) is 0 Å². The Kier molecular flexibility index (Phi) is 6.61. The Morgan fingerprint density at radius 1 is 0.524 bits per heavy atom. The zero-order valence-corrected chi connectivity index (χ0v) is 33.3. The Morgan fingerprint density at radius 3 is 2.11 bits per heavy atom. The molecule has 0 radical (unpaired) electrons. The van der Waals surface area contributed by atoms with Gasteiger partial charge in [0, 0.05) is 38.5 Å². The predicted molar refractivity (Wildman–Crippen MR) is 254 cm³/mol. The molecule has 7 heteroatoms. The number of anilines is 3. The molecule has 0 saturated heterocycles. The summed E-state index contributed by atoms with van der Waals surface area (Å²) < 4.78 is 50.6. The third-order valence-corrected chi connectivity index (χ3v) is 12.7. The van der Waals surface area contributed by atoms with E-state index in [9.17, 15) is 10.5 Å². The second-order valence-corrected chi connectivity index (χ2v) is 15.9. The molecule has 0 N–H and O–H groups in total. The lowest BCUT2D eigenvalue weighted by atomic mass is 9.34. The SMILES string of the molecule is [2H]c1c([2H])c([2H])c2c(oc3c4c(ccc32)B2c3cc5c6ccccc6n(-c6ccccc6C#N)c5cc3N(c3ccccc3-c3ccccc3)c3cc(-c5ccccc5C#N)cc(c32)O4)c1[2H]. The summed E-state index contributed by atoms with van der Waals surface area (Å²) in [5.74, 6) is 0.956. The second kappa shape index (κ2) is 13.4. The number of nitrogens with zero attached hydrogens (tertiary/aromatic N) is 4. The van der Waals surface area contributed by atoms with Crippen molar-refractivity contribution in [3.63, 3.8) is 0 Å².